The molecule has 0 aliphatic carbocycles. The first-order chi connectivity index (χ1) is 9.92. The molecule has 1 rings (SSSR count). The second kappa shape index (κ2) is 7.95. The number of amides is 1. The first-order valence-corrected chi connectivity index (χ1v) is 6.72. The molecule has 0 heterocycles. The van der Waals surface area contributed by atoms with Crippen molar-refractivity contribution in [1.82, 2.24) is 4.90 Å². The third-order valence-corrected chi connectivity index (χ3v) is 3.25. The monoisotopic (exact) mass is 317 g/mol. The lowest BCUT2D eigenvalue weighted by Gasteiger charge is -2.24. The maximum Gasteiger partial charge on any atom is 0.310 e. The molecular weight excluding hydrogens is 301 g/mol. The molecule has 0 radical (unpaired) electrons. The third kappa shape index (κ3) is 4.41. The van der Waals surface area contributed by atoms with Gasteiger partial charge in [-0.25, -0.2) is 4.39 Å². The molecule has 0 saturated carbocycles. The Hall–Kier alpha value is -1.66. The average molecular weight is 318 g/mol. The summed E-state index contributed by atoms with van der Waals surface area (Å²) in [5.41, 5.74) is -0.273. The molecule has 0 aliphatic rings. The van der Waals surface area contributed by atoms with E-state index in [2.05, 4.69) is 4.74 Å². The molecule has 0 spiro atoms. The van der Waals surface area contributed by atoms with Crippen LogP contribution < -0.4 is 0 Å². The second-order valence-corrected chi connectivity index (χ2v) is 4.90. The number of halogens is 2. The van der Waals surface area contributed by atoms with Crippen molar-refractivity contribution in [2.24, 2.45) is 5.92 Å². The number of carbonyl (C=O) groups is 2. The van der Waals surface area contributed by atoms with Crippen molar-refractivity contribution in [2.75, 3.05) is 26.8 Å². The maximum atomic E-state index is 13.8. The Morgan fingerprint density at radius 2 is 2.14 bits per heavy atom. The fourth-order valence-electron chi connectivity index (χ4n) is 1.86. The molecule has 21 heavy (non-hydrogen) atoms. The van der Waals surface area contributed by atoms with Crippen LogP contribution in [0.4, 0.5) is 4.39 Å². The molecule has 0 bridgehead atoms. The lowest BCUT2D eigenvalue weighted by molar-refractivity contribution is -0.145. The lowest BCUT2D eigenvalue weighted by Crippen LogP contribution is -2.39. The number of esters is 1. The topological polar surface area (TPSA) is 66.8 Å². The van der Waals surface area contributed by atoms with Gasteiger partial charge in [-0.1, -0.05) is 24.6 Å². The van der Waals surface area contributed by atoms with E-state index in [-0.39, 0.29) is 30.3 Å². The number of carbonyl (C=O) groups excluding carboxylic acids is 2. The molecule has 0 aromatic heterocycles. The predicted octanol–water partition coefficient (Wildman–Crippen LogP) is 1.72. The van der Waals surface area contributed by atoms with Crippen LogP contribution in [-0.2, 0) is 9.53 Å². The Morgan fingerprint density at radius 1 is 1.48 bits per heavy atom. The van der Waals surface area contributed by atoms with Crippen molar-refractivity contribution in [3.05, 3.63) is 34.6 Å². The minimum Gasteiger partial charge on any atom is -0.469 e. The molecule has 1 aromatic carbocycles. The van der Waals surface area contributed by atoms with Gasteiger partial charge in [0.2, 0.25) is 0 Å². The van der Waals surface area contributed by atoms with E-state index in [1.165, 1.54) is 24.1 Å². The number of hydrogen-bond donors (Lipinski definition) is 1. The molecule has 1 amide bonds. The summed E-state index contributed by atoms with van der Waals surface area (Å²) in [4.78, 5) is 25.0. The average Bonchev–Trinajstić information content (AvgIpc) is 2.45. The summed E-state index contributed by atoms with van der Waals surface area (Å²) < 4.78 is 18.4. The molecule has 5 nitrogen and oxygen atoms in total. The summed E-state index contributed by atoms with van der Waals surface area (Å²) in [6.45, 7) is 1.22. The van der Waals surface area contributed by atoms with Crippen molar-refractivity contribution in [1.29, 1.82) is 0 Å². The molecule has 7 heteroatoms. The molecular formula is C14H17ClFNO4. The zero-order valence-corrected chi connectivity index (χ0v) is 12.6. The van der Waals surface area contributed by atoms with Gasteiger partial charge in [0, 0.05) is 13.1 Å². The molecule has 116 valence electrons. The lowest BCUT2D eigenvalue weighted by atomic mass is 10.1. The van der Waals surface area contributed by atoms with Crippen LogP contribution in [-0.4, -0.2) is 48.7 Å². The smallest absolute Gasteiger partial charge is 0.310 e. The Bertz CT molecular complexity index is 503. The molecule has 1 aromatic rings. The summed E-state index contributed by atoms with van der Waals surface area (Å²) in [6.07, 6.45) is 0. The quantitative estimate of drug-likeness (QED) is 0.811. The van der Waals surface area contributed by atoms with E-state index in [4.69, 9.17) is 16.7 Å². The van der Waals surface area contributed by atoms with E-state index >= 15 is 0 Å². The minimum atomic E-state index is -0.749. The highest BCUT2D eigenvalue weighted by molar-refractivity contribution is 6.33. The summed E-state index contributed by atoms with van der Waals surface area (Å²) >= 11 is 5.85. The van der Waals surface area contributed by atoms with Gasteiger partial charge in [0.15, 0.2) is 0 Å². The number of hydrogen-bond acceptors (Lipinski definition) is 4. The van der Waals surface area contributed by atoms with Gasteiger partial charge in [0.05, 0.1) is 30.2 Å². The summed E-state index contributed by atoms with van der Waals surface area (Å²) in [7, 11) is 1.24. The number of methoxy groups -OCH3 is 1. The molecule has 0 aliphatic heterocycles. The highest BCUT2D eigenvalue weighted by atomic mass is 35.5. The van der Waals surface area contributed by atoms with Gasteiger partial charge in [0.25, 0.3) is 5.91 Å². The summed E-state index contributed by atoms with van der Waals surface area (Å²) in [5.74, 6) is -2.52. The number of benzene rings is 1. The standard InChI is InChI=1S/C14H17ClFNO4/c1-9(14(20)21-2)8-17(6-7-18)13(19)12-10(15)4-3-5-11(12)16/h3-5,9,18H,6-8H2,1-2H3. The van der Waals surface area contributed by atoms with E-state index in [0.29, 0.717) is 0 Å². The summed E-state index contributed by atoms with van der Waals surface area (Å²) in [5, 5.41) is 9.02. The first kappa shape index (κ1) is 17.4. The van der Waals surface area contributed by atoms with Crippen LogP contribution in [0.2, 0.25) is 5.02 Å². The molecule has 0 fully saturated rings. The zero-order chi connectivity index (χ0) is 16.0. The van der Waals surface area contributed by atoms with Crippen molar-refractivity contribution >= 4 is 23.5 Å². The number of nitrogens with zero attached hydrogens (tertiary/aromatic N) is 1. The van der Waals surface area contributed by atoms with Crippen LogP contribution in [0.1, 0.15) is 17.3 Å². The zero-order valence-electron chi connectivity index (χ0n) is 11.8. The SMILES string of the molecule is COC(=O)C(C)CN(CCO)C(=O)c1c(F)cccc1Cl. The third-order valence-electron chi connectivity index (χ3n) is 2.93. The number of aliphatic hydroxyl groups excluding tert-OH is 1. The van der Waals surface area contributed by atoms with E-state index in [0.717, 1.165) is 6.07 Å². The van der Waals surface area contributed by atoms with E-state index in [9.17, 15) is 14.0 Å². The van der Waals surface area contributed by atoms with Crippen molar-refractivity contribution < 1.29 is 23.8 Å². The molecule has 1 atom stereocenters. The Balaban J connectivity index is 3.00. The Labute approximate surface area is 127 Å². The van der Waals surface area contributed by atoms with Crippen molar-refractivity contribution in [2.45, 2.75) is 6.92 Å². The van der Waals surface area contributed by atoms with Gasteiger partial charge < -0.3 is 14.7 Å². The first-order valence-electron chi connectivity index (χ1n) is 6.34. The van der Waals surface area contributed by atoms with Crippen LogP contribution in [0.3, 0.4) is 0 Å². The predicted molar refractivity (Wildman–Crippen MR) is 75.6 cm³/mol. The number of rotatable bonds is 6. The van der Waals surface area contributed by atoms with Crippen LogP contribution in [0, 0.1) is 11.7 Å². The molecule has 1 N–H and O–H groups in total. The van der Waals surface area contributed by atoms with E-state index in [1.54, 1.807) is 6.92 Å². The summed E-state index contributed by atoms with van der Waals surface area (Å²) in [6, 6.07) is 3.92. The van der Waals surface area contributed by atoms with Crippen LogP contribution in [0.25, 0.3) is 0 Å². The van der Waals surface area contributed by atoms with Gasteiger partial charge in [0.1, 0.15) is 5.82 Å². The Kier molecular flexibility index (Phi) is 6.58. The highest BCUT2D eigenvalue weighted by Gasteiger charge is 2.25. The number of ether oxygens (including phenoxy) is 1. The van der Waals surface area contributed by atoms with Gasteiger partial charge in [-0.3, -0.25) is 9.59 Å². The molecule has 0 saturated heterocycles. The largest absolute Gasteiger partial charge is 0.469 e. The fourth-order valence-corrected chi connectivity index (χ4v) is 2.11. The van der Waals surface area contributed by atoms with Crippen LogP contribution in [0.5, 0.6) is 0 Å². The van der Waals surface area contributed by atoms with Gasteiger partial charge in [-0.05, 0) is 12.1 Å². The molecule has 1 unspecified atom stereocenters. The van der Waals surface area contributed by atoms with Crippen molar-refractivity contribution in [3.8, 4) is 0 Å². The maximum absolute atomic E-state index is 13.8. The van der Waals surface area contributed by atoms with Gasteiger partial charge in [-0.2, -0.15) is 0 Å². The van der Waals surface area contributed by atoms with Crippen LogP contribution >= 0.6 is 11.6 Å². The highest BCUT2D eigenvalue weighted by Crippen LogP contribution is 2.21. The van der Waals surface area contributed by atoms with Crippen molar-refractivity contribution in [3.63, 3.8) is 0 Å². The van der Waals surface area contributed by atoms with E-state index in [1.807, 2.05) is 0 Å². The minimum absolute atomic E-state index is 0.00324. The second-order valence-electron chi connectivity index (χ2n) is 4.50. The normalized spacial score (nSPS) is 11.9. The van der Waals surface area contributed by atoms with Gasteiger partial charge >= 0.3 is 5.97 Å². The van der Waals surface area contributed by atoms with E-state index < -0.39 is 23.6 Å². The van der Waals surface area contributed by atoms with Crippen LogP contribution in [0.15, 0.2) is 18.2 Å². The number of aliphatic hydroxyl groups is 1. The Morgan fingerprint density at radius 3 is 2.67 bits per heavy atom. The fraction of sp³-hybridized carbons (Fsp3) is 0.429. The van der Waals surface area contributed by atoms with Gasteiger partial charge in [-0.15, -0.1) is 0 Å².